The first-order chi connectivity index (χ1) is 15.4. The normalized spacial score (nSPS) is 18.0. The standard InChI is InChI=1S/C25H30N4O3/c1-17-14-19(28-27-17)16-29(2)24(31)11-13-25(12-10-23(30)26-25)15-18-8-9-22(32-3)21-7-5-4-6-20(18)21/h4-9,14H,10-13,15-16H2,1-3H3,(H,26,30)(H,27,28)/t25-/m1/s1. The Bertz CT molecular complexity index is 1140. The first-order valence-electron chi connectivity index (χ1n) is 11.0. The third-order valence-electron chi connectivity index (χ3n) is 6.36. The quantitative estimate of drug-likeness (QED) is 0.568. The summed E-state index contributed by atoms with van der Waals surface area (Å²) < 4.78 is 5.52. The number of hydrogen-bond donors (Lipinski definition) is 2. The SMILES string of the molecule is COc1ccc(C[C@]2(CCC(=O)N(C)Cc3cc(C)[nH]n3)CCC(=O)N2)c2ccccc12. The summed E-state index contributed by atoms with van der Waals surface area (Å²) in [7, 11) is 3.47. The van der Waals surface area contributed by atoms with Crippen LogP contribution < -0.4 is 10.1 Å². The molecule has 1 saturated heterocycles. The number of carbonyl (C=O) groups excluding carboxylic acids is 2. The van der Waals surface area contributed by atoms with Crippen molar-refractivity contribution in [3.8, 4) is 5.75 Å². The van der Waals surface area contributed by atoms with E-state index in [4.69, 9.17) is 4.74 Å². The molecule has 0 bridgehead atoms. The molecule has 0 saturated carbocycles. The maximum absolute atomic E-state index is 12.8. The van der Waals surface area contributed by atoms with Crippen molar-refractivity contribution >= 4 is 22.6 Å². The Labute approximate surface area is 188 Å². The molecule has 32 heavy (non-hydrogen) atoms. The Hall–Kier alpha value is -3.35. The van der Waals surface area contributed by atoms with Crippen LogP contribution in [0.5, 0.6) is 5.75 Å². The first kappa shape index (κ1) is 21.9. The zero-order valence-electron chi connectivity index (χ0n) is 18.9. The van der Waals surface area contributed by atoms with Crippen LogP contribution in [0.2, 0.25) is 0 Å². The number of aromatic amines is 1. The molecule has 1 aliphatic heterocycles. The van der Waals surface area contributed by atoms with Gasteiger partial charge in [-0.15, -0.1) is 0 Å². The number of benzene rings is 2. The molecule has 1 fully saturated rings. The average Bonchev–Trinajstić information content (AvgIpc) is 3.37. The summed E-state index contributed by atoms with van der Waals surface area (Å²) in [4.78, 5) is 26.7. The topological polar surface area (TPSA) is 87.3 Å². The number of H-pyrrole nitrogens is 1. The number of ether oxygens (including phenoxy) is 1. The van der Waals surface area contributed by atoms with Crippen LogP contribution in [0, 0.1) is 6.92 Å². The van der Waals surface area contributed by atoms with Crippen molar-refractivity contribution in [2.24, 2.45) is 0 Å². The number of fused-ring (bicyclic) bond motifs is 1. The zero-order valence-corrected chi connectivity index (χ0v) is 18.9. The van der Waals surface area contributed by atoms with Crippen LogP contribution in [0.3, 0.4) is 0 Å². The molecule has 2 N–H and O–H groups in total. The maximum Gasteiger partial charge on any atom is 0.222 e. The lowest BCUT2D eigenvalue weighted by Gasteiger charge is -2.30. The Kier molecular flexibility index (Phi) is 6.17. The molecule has 0 spiro atoms. The lowest BCUT2D eigenvalue weighted by atomic mass is 9.83. The molecule has 1 aromatic heterocycles. The predicted octanol–water partition coefficient (Wildman–Crippen LogP) is 3.51. The monoisotopic (exact) mass is 434 g/mol. The molecule has 168 valence electrons. The fraction of sp³-hybridized carbons (Fsp3) is 0.400. The lowest BCUT2D eigenvalue weighted by molar-refractivity contribution is -0.131. The van der Waals surface area contributed by atoms with Gasteiger partial charge in [0.05, 0.1) is 19.3 Å². The number of carbonyl (C=O) groups is 2. The van der Waals surface area contributed by atoms with Crippen LogP contribution in [0.25, 0.3) is 10.8 Å². The van der Waals surface area contributed by atoms with E-state index < -0.39 is 5.54 Å². The Balaban J connectivity index is 1.50. The van der Waals surface area contributed by atoms with Crippen molar-refractivity contribution in [3.05, 3.63) is 59.4 Å². The second-order valence-corrected chi connectivity index (χ2v) is 8.77. The van der Waals surface area contributed by atoms with Crippen LogP contribution >= 0.6 is 0 Å². The first-order valence-corrected chi connectivity index (χ1v) is 11.0. The van der Waals surface area contributed by atoms with E-state index in [2.05, 4.69) is 27.6 Å². The van der Waals surface area contributed by atoms with Crippen LogP contribution in [-0.2, 0) is 22.6 Å². The molecule has 4 rings (SSSR count). The molecule has 0 radical (unpaired) electrons. The number of nitrogens with one attached hydrogen (secondary N) is 2. The number of methoxy groups -OCH3 is 1. The Morgan fingerprint density at radius 2 is 2.00 bits per heavy atom. The molecule has 3 aromatic rings. The molecule has 7 nitrogen and oxygen atoms in total. The van der Waals surface area contributed by atoms with Crippen molar-refractivity contribution < 1.29 is 14.3 Å². The van der Waals surface area contributed by atoms with Gasteiger partial charge in [0, 0.05) is 36.5 Å². The number of amides is 2. The third-order valence-corrected chi connectivity index (χ3v) is 6.36. The molecule has 2 amide bonds. The minimum absolute atomic E-state index is 0.0470. The maximum atomic E-state index is 12.8. The Morgan fingerprint density at radius 3 is 2.66 bits per heavy atom. The number of aromatic nitrogens is 2. The number of rotatable bonds is 8. The molecule has 1 atom stereocenters. The van der Waals surface area contributed by atoms with E-state index in [1.807, 2.05) is 37.3 Å². The fourth-order valence-electron chi connectivity index (χ4n) is 4.64. The van der Waals surface area contributed by atoms with Crippen LogP contribution in [0.4, 0.5) is 0 Å². The van der Waals surface area contributed by atoms with Gasteiger partial charge in [0.1, 0.15) is 5.75 Å². The molecular weight excluding hydrogens is 404 g/mol. The average molecular weight is 435 g/mol. The molecule has 7 heteroatoms. The smallest absolute Gasteiger partial charge is 0.222 e. The Morgan fingerprint density at radius 1 is 1.22 bits per heavy atom. The second-order valence-electron chi connectivity index (χ2n) is 8.77. The highest BCUT2D eigenvalue weighted by molar-refractivity contribution is 5.91. The summed E-state index contributed by atoms with van der Waals surface area (Å²) in [5.74, 6) is 0.931. The zero-order chi connectivity index (χ0) is 22.7. The molecule has 0 aliphatic carbocycles. The van der Waals surface area contributed by atoms with Crippen molar-refractivity contribution in [1.82, 2.24) is 20.4 Å². The highest BCUT2D eigenvalue weighted by Gasteiger charge is 2.38. The molecule has 1 aliphatic rings. The van der Waals surface area contributed by atoms with E-state index in [1.165, 1.54) is 0 Å². The number of aryl methyl sites for hydroxylation is 1. The molecule has 2 heterocycles. The van der Waals surface area contributed by atoms with E-state index >= 15 is 0 Å². The van der Waals surface area contributed by atoms with E-state index in [0.717, 1.165) is 39.9 Å². The summed E-state index contributed by atoms with van der Waals surface area (Å²) in [6.07, 6.45) is 2.86. The van der Waals surface area contributed by atoms with Gasteiger partial charge in [-0.3, -0.25) is 14.7 Å². The number of nitrogens with zero attached hydrogens (tertiary/aromatic N) is 2. The third kappa shape index (κ3) is 4.61. The van der Waals surface area contributed by atoms with Gasteiger partial charge in [0.25, 0.3) is 0 Å². The van der Waals surface area contributed by atoms with Gasteiger partial charge in [-0.05, 0) is 49.3 Å². The van der Waals surface area contributed by atoms with Crippen molar-refractivity contribution in [1.29, 1.82) is 0 Å². The lowest BCUT2D eigenvalue weighted by Crippen LogP contribution is -2.44. The fourth-order valence-corrected chi connectivity index (χ4v) is 4.64. The largest absolute Gasteiger partial charge is 0.496 e. The summed E-state index contributed by atoms with van der Waals surface area (Å²) in [6.45, 7) is 2.40. The molecular formula is C25H30N4O3. The van der Waals surface area contributed by atoms with Gasteiger partial charge in [-0.1, -0.05) is 30.3 Å². The van der Waals surface area contributed by atoms with Crippen molar-refractivity contribution in [2.45, 2.75) is 51.1 Å². The summed E-state index contributed by atoms with van der Waals surface area (Å²) in [5.41, 5.74) is 2.54. The minimum Gasteiger partial charge on any atom is -0.496 e. The summed E-state index contributed by atoms with van der Waals surface area (Å²) >= 11 is 0. The van der Waals surface area contributed by atoms with E-state index in [-0.39, 0.29) is 11.8 Å². The molecule has 0 unspecified atom stereocenters. The molecule has 2 aromatic carbocycles. The summed E-state index contributed by atoms with van der Waals surface area (Å²) in [5, 5.41) is 12.5. The highest BCUT2D eigenvalue weighted by atomic mass is 16.5. The van der Waals surface area contributed by atoms with Gasteiger partial charge in [-0.2, -0.15) is 5.10 Å². The van der Waals surface area contributed by atoms with Gasteiger partial charge in [0.2, 0.25) is 11.8 Å². The van der Waals surface area contributed by atoms with Crippen LogP contribution in [0.1, 0.15) is 42.6 Å². The minimum atomic E-state index is -0.423. The predicted molar refractivity (Wildman–Crippen MR) is 123 cm³/mol. The van der Waals surface area contributed by atoms with Crippen LogP contribution in [-0.4, -0.2) is 46.6 Å². The van der Waals surface area contributed by atoms with E-state index in [9.17, 15) is 9.59 Å². The van der Waals surface area contributed by atoms with Gasteiger partial charge in [0.15, 0.2) is 0 Å². The van der Waals surface area contributed by atoms with Crippen molar-refractivity contribution in [3.63, 3.8) is 0 Å². The highest BCUT2D eigenvalue weighted by Crippen LogP contribution is 2.35. The second kappa shape index (κ2) is 9.02. The van der Waals surface area contributed by atoms with Gasteiger partial charge < -0.3 is 15.0 Å². The van der Waals surface area contributed by atoms with E-state index in [1.54, 1.807) is 19.1 Å². The van der Waals surface area contributed by atoms with Crippen molar-refractivity contribution in [2.75, 3.05) is 14.2 Å². The van der Waals surface area contributed by atoms with Gasteiger partial charge >= 0.3 is 0 Å². The van der Waals surface area contributed by atoms with E-state index in [0.29, 0.717) is 32.2 Å². The van der Waals surface area contributed by atoms with Gasteiger partial charge in [-0.25, -0.2) is 0 Å². The number of hydrogen-bond acceptors (Lipinski definition) is 4. The van der Waals surface area contributed by atoms with Crippen LogP contribution in [0.15, 0.2) is 42.5 Å². The summed E-state index contributed by atoms with van der Waals surface area (Å²) in [6, 6.07) is 14.1.